The molecule has 0 aliphatic rings. The first kappa shape index (κ1) is 28.8. The minimum Gasteiger partial charge on any atom is -0.310 e. The molecule has 0 heterocycles. The van der Waals surface area contributed by atoms with Gasteiger partial charge in [-0.05, 0) is 96.5 Å². The number of nitrogens with zero attached hydrogens (tertiary/aromatic N) is 1. The van der Waals surface area contributed by atoms with Crippen molar-refractivity contribution in [2.24, 2.45) is 0 Å². The molecule has 0 aliphatic carbocycles. The zero-order valence-electron chi connectivity index (χ0n) is 27.0. The molecule has 0 aromatic heterocycles. The molecule has 49 heavy (non-hydrogen) atoms. The van der Waals surface area contributed by atoms with Crippen LogP contribution in [-0.4, -0.2) is 0 Å². The average Bonchev–Trinajstić information content (AvgIpc) is 3.18. The van der Waals surface area contributed by atoms with E-state index in [-0.39, 0.29) is 0 Å². The number of anilines is 3. The fraction of sp³-hybridized carbons (Fsp3) is 0. The van der Waals surface area contributed by atoms with Crippen molar-refractivity contribution in [2.45, 2.75) is 0 Å². The van der Waals surface area contributed by atoms with E-state index in [0.717, 1.165) is 17.1 Å². The highest BCUT2D eigenvalue weighted by Gasteiger charge is 2.20. The molecule has 0 aliphatic heterocycles. The average molecular weight is 624 g/mol. The molecule has 0 N–H and O–H groups in total. The Balaban J connectivity index is 1.30. The Bertz CT molecular complexity index is 2610. The van der Waals surface area contributed by atoms with Gasteiger partial charge in [0, 0.05) is 16.9 Å². The molecule has 0 bridgehead atoms. The summed E-state index contributed by atoms with van der Waals surface area (Å²) < 4.78 is 0. The highest BCUT2D eigenvalue weighted by molar-refractivity contribution is 6.04. The van der Waals surface area contributed by atoms with Gasteiger partial charge in [0.1, 0.15) is 0 Å². The number of rotatable bonds is 6. The fourth-order valence-electron chi connectivity index (χ4n) is 7.25. The van der Waals surface area contributed by atoms with Crippen molar-refractivity contribution in [1.29, 1.82) is 0 Å². The third kappa shape index (κ3) is 5.32. The maximum atomic E-state index is 2.43. The van der Waals surface area contributed by atoms with Gasteiger partial charge in [-0.15, -0.1) is 0 Å². The lowest BCUT2D eigenvalue weighted by molar-refractivity contribution is 1.28. The van der Waals surface area contributed by atoms with Crippen LogP contribution < -0.4 is 4.90 Å². The molecule has 0 radical (unpaired) electrons. The molecule has 0 atom stereocenters. The predicted molar refractivity (Wildman–Crippen MR) is 210 cm³/mol. The molecular formula is C48H33N. The smallest absolute Gasteiger partial charge is 0.0546 e. The van der Waals surface area contributed by atoms with E-state index in [4.69, 9.17) is 0 Å². The number of benzene rings is 9. The van der Waals surface area contributed by atoms with E-state index in [0.29, 0.717) is 0 Å². The van der Waals surface area contributed by atoms with Crippen molar-refractivity contribution in [3.05, 3.63) is 200 Å². The van der Waals surface area contributed by atoms with Crippen molar-refractivity contribution in [3.63, 3.8) is 0 Å². The molecule has 1 heteroatoms. The number of para-hydroxylation sites is 1. The van der Waals surface area contributed by atoms with Crippen LogP contribution in [0.1, 0.15) is 0 Å². The van der Waals surface area contributed by atoms with Crippen molar-refractivity contribution in [3.8, 4) is 33.4 Å². The van der Waals surface area contributed by atoms with Crippen LogP contribution in [-0.2, 0) is 0 Å². The van der Waals surface area contributed by atoms with Crippen molar-refractivity contribution >= 4 is 49.4 Å². The second-order valence-electron chi connectivity index (χ2n) is 12.6. The van der Waals surface area contributed by atoms with Crippen LogP contribution in [0.3, 0.4) is 0 Å². The molecule has 1 nitrogen and oxygen atoms in total. The van der Waals surface area contributed by atoms with E-state index in [1.165, 1.54) is 65.7 Å². The van der Waals surface area contributed by atoms with Crippen LogP contribution in [0, 0.1) is 0 Å². The van der Waals surface area contributed by atoms with Crippen LogP contribution >= 0.6 is 0 Å². The summed E-state index contributed by atoms with van der Waals surface area (Å²) in [5.41, 5.74) is 10.5. The van der Waals surface area contributed by atoms with Crippen LogP contribution in [0.2, 0.25) is 0 Å². The second-order valence-corrected chi connectivity index (χ2v) is 12.6. The summed E-state index contributed by atoms with van der Waals surface area (Å²) in [4.78, 5) is 2.43. The molecule has 9 aromatic carbocycles. The lowest BCUT2D eigenvalue weighted by Gasteiger charge is -2.29. The van der Waals surface area contributed by atoms with Gasteiger partial charge in [0.25, 0.3) is 0 Å². The summed E-state index contributed by atoms with van der Waals surface area (Å²) in [6.07, 6.45) is 0. The lowest BCUT2D eigenvalue weighted by atomic mass is 9.92. The Labute approximate surface area is 287 Å². The highest BCUT2D eigenvalue weighted by Crippen LogP contribution is 2.45. The van der Waals surface area contributed by atoms with Gasteiger partial charge in [-0.1, -0.05) is 164 Å². The van der Waals surface area contributed by atoms with E-state index in [9.17, 15) is 0 Å². The van der Waals surface area contributed by atoms with Crippen LogP contribution in [0.25, 0.3) is 65.7 Å². The molecule has 0 unspecified atom stereocenters. The fourth-order valence-corrected chi connectivity index (χ4v) is 7.25. The van der Waals surface area contributed by atoms with Gasteiger partial charge in [0.15, 0.2) is 0 Å². The number of hydrogen-bond donors (Lipinski definition) is 0. The summed E-state index contributed by atoms with van der Waals surface area (Å²) in [5, 5.41) is 7.45. The Morgan fingerprint density at radius 3 is 1.59 bits per heavy atom. The third-order valence-electron chi connectivity index (χ3n) is 9.62. The van der Waals surface area contributed by atoms with Crippen LogP contribution in [0.5, 0.6) is 0 Å². The number of hydrogen-bond acceptors (Lipinski definition) is 1. The Hall–Kier alpha value is -6.44. The third-order valence-corrected chi connectivity index (χ3v) is 9.62. The Kier molecular flexibility index (Phi) is 7.22. The summed E-state index contributed by atoms with van der Waals surface area (Å²) in [5.74, 6) is 0. The minimum absolute atomic E-state index is 1.11. The molecule has 0 fully saturated rings. The van der Waals surface area contributed by atoms with Gasteiger partial charge in [0.2, 0.25) is 0 Å². The van der Waals surface area contributed by atoms with Crippen LogP contribution in [0.4, 0.5) is 17.1 Å². The van der Waals surface area contributed by atoms with E-state index in [1.807, 2.05) is 0 Å². The van der Waals surface area contributed by atoms with Crippen LogP contribution in [0.15, 0.2) is 200 Å². The first-order valence-electron chi connectivity index (χ1n) is 16.8. The maximum Gasteiger partial charge on any atom is 0.0546 e. The van der Waals surface area contributed by atoms with Gasteiger partial charge >= 0.3 is 0 Å². The molecule has 0 saturated carbocycles. The van der Waals surface area contributed by atoms with Gasteiger partial charge < -0.3 is 4.90 Å². The maximum absolute atomic E-state index is 2.43. The Morgan fingerprint density at radius 2 is 0.816 bits per heavy atom. The molecule has 0 spiro atoms. The summed E-state index contributed by atoms with van der Waals surface area (Å²) >= 11 is 0. The zero-order valence-corrected chi connectivity index (χ0v) is 27.0. The van der Waals surface area contributed by atoms with Gasteiger partial charge in [0.05, 0.1) is 5.69 Å². The first-order chi connectivity index (χ1) is 24.3. The molecular weight excluding hydrogens is 591 g/mol. The van der Waals surface area contributed by atoms with Crippen molar-refractivity contribution in [1.82, 2.24) is 0 Å². The molecule has 230 valence electrons. The second kappa shape index (κ2) is 12.3. The normalized spacial score (nSPS) is 11.3. The van der Waals surface area contributed by atoms with Gasteiger partial charge in [-0.3, -0.25) is 0 Å². The zero-order chi connectivity index (χ0) is 32.6. The molecule has 0 amide bonds. The van der Waals surface area contributed by atoms with E-state index >= 15 is 0 Å². The number of fused-ring (bicyclic) bond motifs is 3. The quantitative estimate of drug-likeness (QED) is 0.178. The first-order valence-corrected chi connectivity index (χ1v) is 16.8. The van der Waals surface area contributed by atoms with Crippen molar-refractivity contribution < 1.29 is 0 Å². The Morgan fingerprint density at radius 1 is 0.265 bits per heavy atom. The van der Waals surface area contributed by atoms with E-state index < -0.39 is 0 Å². The summed E-state index contributed by atoms with van der Waals surface area (Å²) in [6, 6.07) is 72.6. The monoisotopic (exact) mass is 623 g/mol. The predicted octanol–water partition coefficient (Wildman–Crippen LogP) is 13.6. The standard InChI is InChI=1S/C48H33N/c1-2-20-41(21-3-1)49(42-22-10-19-38(32-42)39-28-27-34-13-4-5-16-37(34)31-39)48-33-40(45-25-11-17-35-14-6-8-23-43(35)45)29-30-47(48)46-26-12-18-36-15-7-9-24-44(36)46/h1-33H. The topological polar surface area (TPSA) is 3.24 Å². The largest absolute Gasteiger partial charge is 0.310 e. The van der Waals surface area contributed by atoms with Gasteiger partial charge in [-0.2, -0.15) is 0 Å². The van der Waals surface area contributed by atoms with E-state index in [2.05, 4.69) is 205 Å². The highest BCUT2D eigenvalue weighted by atomic mass is 15.1. The van der Waals surface area contributed by atoms with Crippen molar-refractivity contribution in [2.75, 3.05) is 4.90 Å². The van der Waals surface area contributed by atoms with Gasteiger partial charge in [-0.25, -0.2) is 0 Å². The van der Waals surface area contributed by atoms with E-state index in [1.54, 1.807) is 0 Å². The molecule has 0 saturated heterocycles. The summed E-state index contributed by atoms with van der Waals surface area (Å²) in [7, 11) is 0. The minimum atomic E-state index is 1.11. The lowest BCUT2D eigenvalue weighted by Crippen LogP contribution is -2.11. The SMILES string of the molecule is c1ccc(N(c2cccc(-c3ccc4ccccc4c3)c2)c2cc(-c3cccc4ccccc34)ccc2-c2cccc3ccccc23)cc1. The molecule has 9 aromatic rings. The molecule has 9 rings (SSSR count). The summed E-state index contributed by atoms with van der Waals surface area (Å²) in [6.45, 7) is 0.